The van der Waals surface area contributed by atoms with Gasteiger partial charge in [0.15, 0.2) is 0 Å². The Morgan fingerprint density at radius 3 is 1.40 bits per heavy atom. The Morgan fingerprint density at radius 1 is 0.629 bits per heavy atom. The molecule has 5 rings (SSSR count). The third-order valence-electron chi connectivity index (χ3n) is 5.14. The lowest BCUT2D eigenvalue weighted by atomic mass is 10.1. The summed E-state index contributed by atoms with van der Waals surface area (Å²) in [5.41, 5.74) is 7.27. The van der Waals surface area contributed by atoms with Crippen LogP contribution in [-0.4, -0.2) is 15.9 Å². The Kier molecular flexibility index (Phi) is 9.70. The van der Waals surface area contributed by atoms with Gasteiger partial charge in [0, 0.05) is 17.0 Å². The fourth-order valence-electron chi connectivity index (χ4n) is 3.24. The number of aromatic amines is 1. The largest absolute Gasteiger partial charge is 0.411 e. The normalized spacial score (nSPS) is 10.1. The minimum Gasteiger partial charge on any atom is -0.411 e. The molecular weight excluding hydrogens is 428 g/mol. The highest BCUT2D eigenvalue weighted by Gasteiger charge is 2.02. The second kappa shape index (κ2) is 13.7. The topological polar surface area (TPSA) is 48.4 Å². The Bertz CT molecular complexity index is 1280. The van der Waals surface area contributed by atoms with E-state index < -0.39 is 0 Å². The van der Waals surface area contributed by atoms with Crippen molar-refractivity contribution in [2.45, 2.75) is 6.92 Å². The zero-order valence-electron chi connectivity index (χ0n) is 19.7. The van der Waals surface area contributed by atoms with Crippen LogP contribution in [0.25, 0.3) is 22.5 Å². The summed E-state index contributed by atoms with van der Waals surface area (Å²) in [4.78, 5) is 3.45. The van der Waals surface area contributed by atoms with E-state index in [0.29, 0.717) is 5.71 Å². The standard InChI is InChI=1S/C16H13N.C8H9NO.C8H6/c1-3-7-13(8-4-1)15-11-12-16(17-15)14-9-5-2-6-10-14;1-7(9-10)8-5-3-2-4-6-8;1-2-8-6-4-3-5-7-8/h1-12,17H;2-6,10H,1H3;1,3-7H/b;9-7+;. The van der Waals surface area contributed by atoms with Crippen molar-refractivity contribution in [2.24, 2.45) is 5.16 Å². The maximum atomic E-state index is 8.38. The molecule has 1 heterocycles. The van der Waals surface area contributed by atoms with Crippen LogP contribution in [0.5, 0.6) is 0 Å². The summed E-state index contributed by atoms with van der Waals surface area (Å²) < 4.78 is 0. The first-order valence-corrected chi connectivity index (χ1v) is 11.3. The minimum absolute atomic E-state index is 0.639. The average Bonchev–Trinajstić information content (AvgIpc) is 3.46. The first kappa shape index (κ1) is 24.8. The van der Waals surface area contributed by atoms with Crippen LogP contribution in [0.15, 0.2) is 139 Å². The van der Waals surface area contributed by atoms with Crippen molar-refractivity contribution in [3.05, 3.63) is 145 Å². The maximum absolute atomic E-state index is 8.38. The van der Waals surface area contributed by atoms with Gasteiger partial charge >= 0.3 is 0 Å². The fourth-order valence-corrected chi connectivity index (χ4v) is 3.24. The molecule has 0 fully saturated rings. The quantitative estimate of drug-likeness (QED) is 0.123. The van der Waals surface area contributed by atoms with E-state index >= 15 is 0 Å². The van der Waals surface area contributed by atoms with Gasteiger partial charge in [0.05, 0.1) is 5.71 Å². The van der Waals surface area contributed by atoms with E-state index in [-0.39, 0.29) is 0 Å². The van der Waals surface area contributed by atoms with Crippen LogP contribution >= 0.6 is 0 Å². The van der Waals surface area contributed by atoms with Crippen LogP contribution in [0, 0.1) is 12.3 Å². The van der Waals surface area contributed by atoms with Crippen molar-refractivity contribution < 1.29 is 5.21 Å². The summed E-state index contributed by atoms with van der Waals surface area (Å²) in [6.45, 7) is 1.76. The number of nitrogens with one attached hydrogen (secondary N) is 1. The molecule has 0 aliphatic heterocycles. The summed E-state index contributed by atoms with van der Waals surface area (Å²) in [6, 6.07) is 44.1. The van der Waals surface area contributed by atoms with Gasteiger partial charge < -0.3 is 10.2 Å². The molecule has 0 unspecified atom stereocenters. The highest BCUT2D eigenvalue weighted by Crippen LogP contribution is 2.23. The number of benzene rings is 4. The number of H-pyrrole nitrogens is 1. The van der Waals surface area contributed by atoms with E-state index in [4.69, 9.17) is 11.6 Å². The van der Waals surface area contributed by atoms with Gasteiger partial charge in [-0.05, 0) is 47.9 Å². The molecule has 0 amide bonds. The Labute approximate surface area is 207 Å². The van der Waals surface area contributed by atoms with Crippen LogP contribution in [0.4, 0.5) is 0 Å². The predicted octanol–water partition coefficient (Wildman–Crippen LogP) is 7.90. The zero-order chi connectivity index (χ0) is 24.7. The van der Waals surface area contributed by atoms with Crippen molar-refractivity contribution >= 4 is 5.71 Å². The van der Waals surface area contributed by atoms with Crippen molar-refractivity contribution in [3.8, 4) is 34.9 Å². The third-order valence-corrected chi connectivity index (χ3v) is 5.14. The molecule has 0 spiro atoms. The molecule has 3 heteroatoms. The van der Waals surface area contributed by atoms with Gasteiger partial charge in [-0.25, -0.2) is 0 Å². The molecule has 4 aromatic carbocycles. The summed E-state index contributed by atoms with van der Waals surface area (Å²) >= 11 is 0. The average molecular weight is 457 g/mol. The maximum Gasteiger partial charge on any atom is 0.0836 e. The Morgan fingerprint density at radius 2 is 1.03 bits per heavy atom. The summed E-state index contributed by atoms with van der Waals surface area (Å²) in [5.74, 6) is 2.53. The lowest BCUT2D eigenvalue weighted by Crippen LogP contribution is -1.92. The molecule has 172 valence electrons. The van der Waals surface area contributed by atoms with Crippen molar-refractivity contribution in [1.29, 1.82) is 0 Å². The van der Waals surface area contributed by atoms with Gasteiger partial charge in [0.2, 0.25) is 0 Å². The van der Waals surface area contributed by atoms with Crippen LogP contribution in [0.1, 0.15) is 18.1 Å². The van der Waals surface area contributed by atoms with E-state index in [1.165, 1.54) is 11.1 Å². The van der Waals surface area contributed by atoms with E-state index in [0.717, 1.165) is 22.5 Å². The molecule has 0 radical (unpaired) electrons. The van der Waals surface area contributed by atoms with E-state index in [9.17, 15) is 0 Å². The zero-order valence-corrected chi connectivity index (χ0v) is 19.7. The predicted molar refractivity (Wildman–Crippen MR) is 146 cm³/mol. The Balaban J connectivity index is 0.000000162. The lowest BCUT2D eigenvalue weighted by molar-refractivity contribution is 0.319. The number of terminal acetylenes is 1. The number of rotatable bonds is 3. The smallest absolute Gasteiger partial charge is 0.0836 e. The lowest BCUT2D eigenvalue weighted by Gasteiger charge is -1.99. The van der Waals surface area contributed by atoms with Gasteiger partial charge in [0.25, 0.3) is 0 Å². The van der Waals surface area contributed by atoms with Gasteiger partial charge in [-0.15, -0.1) is 6.42 Å². The number of hydrogen-bond acceptors (Lipinski definition) is 2. The van der Waals surface area contributed by atoms with Crippen LogP contribution in [-0.2, 0) is 0 Å². The van der Waals surface area contributed by atoms with Crippen LogP contribution in [0.2, 0.25) is 0 Å². The highest BCUT2D eigenvalue weighted by atomic mass is 16.4. The molecule has 5 aromatic rings. The number of nitrogens with zero attached hydrogens (tertiary/aromatic N) is 1. The SMILES string of the molecule is C#Cc1ccccc1.C/C(=N\O)c1ccccc1.c1ccc(-c2ccc(-c3ccccc3)[nH]2)cc1. The van der Waals surface area contributed by atoms with E-state index in [1.807, 2.05) is 72.8 Å². The number of aromatic nitrogens is 1. The Hall–Kier alpha value is -4.81. The summed E-state index contributed by atoms with van der Waals surface area (Å²) in [6.07, 6.45) is 5.10. The highest BCUT2D eigenvalue weighted by molar-refractivity contribution is 5.98. The molecule has 35 heavy (non-hydrogen) atoms. The monoisotopic (exact) mass is 456 g/mol. The molecule has 0 aliphatic carbocycles. The number of hydrogen-bond donors (Lipinski definition) is 2. The molecular formula is C32H28N2O. The molecule has 0 aliphatic rings. The molecule has 3 nitrogen and oxygen atoms in total. The van der Waals surface area contributed by atoms with Crippen molar-refractivity contribution in [2.75, 3.05) is 0 Å². The van der Waals surface area contributed by atoms with Gasteiger partial charge in [-0.3, -0.25) is 0 Å². The molecule has 0 saturated heterocycles. The van der Waals surface area contributed by atoms with E-state index in [2.05, 4.69) is 76.7 Å². The van der Waals surface area contributed by atoms with Gasteiger partial charge in [-0.2, -0.15) is 0 Å². The van der Waals surface area contributed by atoms with Gasteiger partial charge in [-0.1, -0.05) is 120 Å². The molecule has 1 aromatic heterocycles. The first-order chi connectivity index (χ1) is 17.2. The fraction of sp³-hybridized carbons (Fsp3) is 0.0312. The first-order valence-electron chi connectivity index (χ1n) is 11.3. The third kappa shape index (κ3) is 7.92. The second-order valence-electron chi connectivity index (χ2n) is 7.58. The number of oxime groups is 1. The van der Waals surface area contributed by atoms with Crippen molar-refractivity contribution in [3.63, 3.8) is 0 Å². The molecule has 0 atom stereocenters. The summed E-state index contributed by atoms with van der Waals surface area (Å²) in [5, 5.41) is 11.5. The molecule has 0 bridgehead atoms. The second-order valence-corrected chi connectivity index (χ2v) is 7.58. The summed E-state index contributed by atoms with van der Waals surface area (Å²) in [7, 11) is 0. The van der Waals surface area contributed by atoms with Crippen LogP contribution < -0.4 is 0 Å². The molecule has 2 N–H and O–H groups in total. The molecule has 0 saturated carbocycles. The van der Waals surface area contributed by atoms with Crippen LogP contribution in [0.3, 0.4) is 0 Å². The minimum atomic E-state index is 0.639. The van der Waals surface area contributed by atoms with Crippen molar-refractivity contribution in [1.82, 2.24) is 4.98 Å². The van der Waals surface area contributed by atoms with E-state index in [1.54, 1.807) is 6.92 Å². The van der Waals surface area contributed by atoms with Gasteiger partial charge in [0.1, 0.15) is 0 Å².